The topological polar surface area (TPSA) is 0 Å². The van der Waals surface area contributed by atoms with Crippen LogP contribution in [0.1, 0.15) is 11.1 Å². The van der Waals surface area contributed by atoms with Gasteiger partial charge in [0.05, 0.1) is 22.3 Å². The van der Waals surface area contributed by atoms with E-state index in [0.29, 0.717) is 9.18 Å². The van der Waals surface area contributed by atoms with Gasteiger partial charge in [-0.15, -0.1) is 0 Å². The molecule has 0 radical (unpaired) electrons. The standard InChI is InChI=1S/C40H30N2/c1-3-29-17-15-25-35-33-23-11-13-27-37(33)41(39(29)35,31-19-7-5-8-20-31)42(32-21-9-6-10-22-32)38-28-14-12-24-34(38)36-26-16-18-30(4-2)40(36)42/h3-28H,1-2H2/q+2. The Morgan fingerprint density at radius 3 is 1.12 bits per heavy atom. The quantitative estimate of drug-likeness (QED) is 0.192. The first-order valence-electron chi connectivity index (χ1n) is 14.4. The molecule has 2 unspecified atom stereocenters. The summed E-state index contributed by atoms with van der Waals surface area (Å²) in [6, 6.07) is 53.1. The minimum Gasteiger partial charge on any atom is -0.0982 e. The van der Waals surface area contributed by atoms with Gasteiger partial charge in [-0.25, -0.2) is 0 Å². The fourth-order valence-corrected chi connectivity index (χ4v) is 7.61. The summed E-state index contributed by atoms with van der Waals surface area (Å²) in [5.74, 6) is 0. The average molecular weight is 539 g/mol. The first-order chi connectivity index (χ1) is 20.8. The molecule has 2 aliphatic heterocycles. The Labute approximate surface area is 247 Å². The van der Waals surface area contributed by atoms with Crippen LogP contribution < -0.4 is 9.18 Å². The molecule has 0 bridgehead atoms. The highest BCUT2D eigenvalue weighted by molar-refractivity contribution is 6.09. The highest BCUT2D eigenvalue weighted by Gasteiger charge is 2.69. The lowest BCUT2D eigenvalue weighted by Crippen LogP contribution is -2.63. The SMILES string of the molecule is C=Cc1cccc2c1[N+](c1ccccc1)([N+]1(c3ccccc3)c3ccccc3-c3cccc(C=C)c31)c1ccccc1-2. The van der Waals surface area contributed by atoms with Crippen molar-refractivity contribution in [2.45, 2.75) is 0 Å². The van der Waals surface area contributed by atoms with E-state index in [1.807, 2.05) is 12.2 Å². The normalized spacial score (nSPS) is 19.3. The molecule has 0 aromatic heterocycles. The largest absolute Gasteiger partial charge is 0.207 e. The molecule has 2 heterocycles. The van der Waals surface area contributed by atoms with Crippen LogP contribution >= 0.6 is 0 Å². The molecule has 0 saturated carbocycles. The van der Waals surface area contributed by atoms with E-state index in [0.717, 1.165) is 11.1 Å². The predicted octanol–water partition coefficient (Wildman–Crippen LogP) is 11.5. The Balaban J connectivity index is 1.74. The molecule has 42 heavy (non-hydrogen) atoms. The van der Waals surface area contributed by atoms with Crippen molar-refractivity contribution in [1.82, 2.24) is 9.18 Å². The molecular formula is C40H30N2+2. The maximum absolute atomic E-state index is 4.34. The number of fused-ring (bicyclic) bond motifs is 6. The first-order valence-corrected chi connectivity index (χ1v) is 14.4. The van der Waals surface area contributed by atoms with Gasteiger partial charge in [0.1, 0.15) is 0 Å². The van der Waals surface area contributed by atoms with Crippen LogP contribution in [-0.2, 0) is 0 Å². The summed E-state index contributed by atoms with van der Waals surface area (Å²) in [6.45, 7) is 8.68. The summed E-state index contributed by atoms with van der Waals surface area (Å²) in [5, 5.41) is 0. The zero-order chi connectivity index (χ0) is 28.3. The molecule has 0 aliphatic carbocycles. The van der Waals surface area contributed by atoms with Crippen LogP contribution in [0.25, 0.3) is 34.4 Å². The molecule has 8 rings (SSSR count). The molecule has 2 heteroatoms. The fourth-order valence-electron chi connectivity index (χ4n) is 7.61. The van der Waals surface area contributed by atoms with E-state index >= 15 is 0 Å². The van der Waals surface area contributed by atoms with Crippen molar-refractivity contribution >= 4 is 46.3 Å². The van der Waals surface area contributed by atoms with Crippen LogP contribution in [0.2, 0.25) is 0 Å². The van der Waals surface area contributed by atoms with Gasteiger partial charge in [-0.05, 0) is 36.4 Å². The minimum atomic E-state index is 0.410. The summed E-state index contributed by atoms with van der Waals surface area (Å²) in [6.07, 6.45) is 4.04. The Morgan fingerprint density at radius 2 is 0.714 bits per heavy atom. The summed E-state index contributed by atoms with van der Waals surface area (Å²) in [5.41, 5.74) is 14.3. The van der Waals surface area contributed by atoms with Gasteiger partial charge in [-0.2, -0.15) is 0 Å². The van der Waals surface area contributed by atoms with Crippen molar-refractivity contribution in [2.24, 2.45) is 0 Å². The summed E-state index contributed by atoms with van der Waals surface area (Å²) < 4.78 is 0.820. The van der Waals surface area contributed by atoms with Gasteiger partial charge in [0, 0.05) is 47.5 Å². The van der Waals surface area contributed by atoms with Crippen molar-refractivity contribution in [3.8, 4) is 22.3 Å². The first kappa shape index (κ1) is 24.5. The Hall–Kier alpha value is -5.28. The number of quaternary nitrogens is 2. The van der Waals surface area contributed by atoms with Gasteiger partial charge in [0.25, 0.3) is 0 Å². The second kappa shape index (κ2) is 9.12. The molecule has 0 amide bonds. The van der Waals surface area contributed by atoms with Crippen LogP contribution in [0.4, 0.5) is 34.1 Å². The molecule has 0 fully saturated rings. The summed E-state index contributed by atoms with van der Waals surface area (Å²) in [4.78, 5) is 0. The second-order valence-corrected chi connectivity index (χ2v) is 10.9. The lowest BCUT2D eigenvalue weighted by Gasteiger charge is -2.48. The van der Waals surface area contributed by atoms with Crippen molar-refractivity contribution < 1.29 is 0 Å². The second-order valence-electron chi connectivity index (χ2n) is 10.9. The van der Waals surface area contributed by atoms with E-state index in [1.54, 1.807) is 0 Å². The smallest absolute Gasteiger partial charge is 0.0982 e. The number of benzene rings is 6. The Bertz CT molecular complexity index is 1880. The fraction of sp³-hybridized carbons (Fsp3) is 0. The van der Waals surface area contributed by atoms with Crippen LogP contribution in [0.5, 0.6) is 0 Å². The third kappa shape index (κ3) is 2.85. The van der Waals surface area contributed by atoms with Gasteiger partial charge in [-0.1, -0.05) is 107 Å². The monoisotopic (exact) mass is 538 g/mol. The molecule has 2 atom stereocenters. The van der Waals surface area contributed by atoms with Crippen molar-refractivity contribution in [3.63, 3.8) is 0 Å². The maximum atomic E-state index is 4.34. The molecule has 198 valence electrons. The third-order valence-corrected chi connectivity index (χ3v) is 9.02. The molecule has 2 aliphatic rings. The molecule has 0 N–H and O–H groups in total. The van der Waals surface area contributed by atoms with Gasteiger partial charge in [0.2, 0.25) is 22.7 Å². The zero-order valence-corrected chi connectivity index (χ0v) is 23.3. The maximum Gasteiger partial charge on any atom is 0.207 e. The molecule has 0 saturated heterocycles. The number of para-hydroxylation sites is 6. The van der Waals surface area contributed by atoms with Crippen molar-refractivity contribution in [1.29, 1.82) is 0 Å². The van der Waals surface area contributed by atoms with E-state index in [-0.39, 0.29) is 0 Å². The lowest BCUT2D eigenvalue weighted by atomic mass is 10.0. The highest BCUT2D eigenvalue weighted by atomic mass is 15.9. The van der Waals surface area contributed by atoms with Crippen LogP contribution in [0.3, 0.4) is 0 Å². The number of hydrogen-bond donors (Lipinski definition) is 0. The number of nitrogens with zero attached hydrogens (tertiary/aromatic N) is 2. The van der Waals surface area contributed by atoms with Crippen LogP contribution in [0, 0.1) is 0 Å². The molecular weight excluding hydrogens is 508 g/mol. The summed E-state index contributed by atoms with van der Waals surface area (Å²) >= 11 is 0. The van der Waals surface area contributed by atoms with Crippen LogP contribution in [-0.4, -0.2) is 0 Å². The number of hydrogen-bond acceptors (Lipinski definition) is 0. The highest BCUT2D eigenvalue weighted by Crippen LogP contribution is 2.71. The Kier molecular flexibility index (Phi) is 5.32. The van der Waals surface area contributed by atoms with Gasteiger partial charge in [-0.3, -0.25) is 0 Å². The molecule has 0 spiro atoms. The van der Waals surface area contributed by atoms with Gasteiger partial charge < -0.3 is 0 Å². The molecule has 6 aromatic carbocycles. The van der Waals surface area contributed by atoms with E-state index in [2.05, 4.69) is 159 Å². The van der Waals surface area contributed by atoms with Crippen molar-refractivity contribution in [2.75, 3.05) is 0 Å². The van der Waals surface area contributed by atoms with E-state index in [9.17, 15) is 0 Å². The lowest BCUT2D eigenvalue weighted by molar-refractivity contribution is 0.253. The predicted molar refractivity (Wildman–Crippen MR) is 179 cm³/mol. The minimum absolute atomic E-state index is 0.410. The van der Waals surface area contributed by atoms with Crippen molar-refractivity contribution in [3.05, 3.63) is 170 Å². The zero-order valence-electron chi connectivity index (χ0n) is 23.3. The van der Waals surface area contributed by atoms with E-state index in [1.165, 1.54) is 56.4 Å². The summed E-state index contributed by atoms with van der Waals surface area (Å²) in [7, 11) is 0. The van der Waals surface area contributed by atoms with E-state index < -0.39 is 0 Å². The molecule has 2 nitrogen and oxygen atoms in total. The van der Waals surface area contributed by atoms with E-state index in [4.69, 9.17) is 0 Å². The van der Waals surface area contributed by atoms with Gasteiger partial charge in [0.15, 0.2) is 11.4 Å². The molecule has 6 aromatic rings. The number of rotatable bonds is 5. The Morgan fingerprint density at radius 1 is 0.357 bits per heavy atom. The third-order valence-electron chi connectivity index (χ3n) is 9.02. The average Bonchev–Trinajstić information content (AvgIpc) is 3.55. The van der Waals surface area contributed by atoms with Crippen LogP contribution in [0.15, 0.2) is 159 Å². The van der Waals surface area contributed by atoms with Gasteiger partial charge >= 0.3 is 0 Å².